The molecule has 2 aromatic heterocycles. The van der Waals surface area contributed by atoms with Crippen molar-refractivity contribution in [2.24, 2.45) is 0 Å². The molecule has 0 amide bonds. The summed E-state index contributed by atoms with van der Waals surface area (Å²) < 4.78 is 0. The minimum Gasteiger partial charge on any atom is -0.354 e. The van der Waals surface area contributed by atoms with Crippen LogP contribution in [0.15, 0.2) is 0 Å². The van der Waals surface area contributed by atoms with E-state index in [0.29, 0.717) is 35.7 Å². The zero-order chi connectivity index (χ0) is 33.6. The molecule has 2 heterocycles. The lowest BCUT2D eigenvalue weighted by molar-refractivity contribution is 0.532. The van der Waals surface area contributed by atoms with Crippen LogP contribution in [0, 0.1) is 0 Å². The molecule has 0 unspecified atom stereocenters. The molecule has 2 rings (SSSR count). The summed E-state index contributed by atoms with van der Waals surface area (Å²) in [5.74, 6) is 3.91. The Bertz CT molecular complexity index is 934. The first-order valence-electron chi connectivity index (χ1n) is 17.3. The van der Waals surface area contributed by atoms with E-state index in [9.17, 15) is 0 Å². The number of nitrogens with zero attached hydrogens (tertiary/aromatic N) is 10. The van der Waals surface area contributed by atoms with Crippen LogP contribution in [-0.2, 0) is 0 Å². The third kappa shape index (κ3) is 18.8. The molecule has 4 N–H and O–H groups in total. The van der Waals surface area contributed by atoms with Gasteiger partial charge in [-0.15, -0.1) is 12.4 Å². The predicted octanol–water partition coefficient (Wildman–Crippen LogP) is 4.13. The molecule has 0 saturated carbocycles. The maximum absolute atomic E-state index is 4.49. The molecule has 0 bridgehead atoms. The maximum Gasteiger partial charge on any atom is 0.231 e. The van der Waals surface area contributed by atoms with Crippen LogP contribution < -0.4 is 40.9 Å². The molecule has 0 fully saturated rings. The lowest BCUT2D eigenvalue weighted by Gasteiger charge is -2.16. The maximum atomic E-state index is 4.49. The zero-order valence-electron chi connectivity index (χ0n) is 30.6. The fraction of sp³-hybridized carbons (Fsp3) is 0.812. The highest BCUT2D eigenvalue weighted by Crippen LogP contribution is 2.14. The Balaban J connectivity index is 0.0000110. The number of unbranched alkanes of at least 4 members (excludes halogenated alkanes) is 9. The summed E-state index contributed by atoms with van der Waals surface area (Å²) in [7, 11) is 15.5. The highest BCUT2D eigenvalue weighted by Gasteiger charge is 2.10. The van der Waals surface area contributed by atoms with Crippen molar-refractivity contribution in [3.8, 4) is 0 Å². The zero-order valence-corrected chi connectivity index (χ0v) is 31.4. The average molecular weight is 681 g/mol. The van der Waals surface area contributed by atoms with E-state index in [4.69, 9.17) is 0 Å². The van der Waals surface area contributed by atoms with Crippen LogP contribution >= 0.6 is 12.4 Å². The molecule has 0 aliphatic rings. The van der Waals surface area contributed by atoms with Gasteiger partial charge in [0.2, 0.25) is 35.7 Å². The van der Waals surface area contributed by atoms with Crippen molar-refractivity contribution < 1.29 is 0 Å². The lowest BCUT2D eigenvalue weighted by atomic mass is 10.1. The van der Waals surface area contributed by atoms with Gasteiger partial charge in [-0.3, -0.25) is 0 Å². The first kappa shape index (κ1) is 42.1. The molecule has 0 saturated heterocycles. The second-order valence-electron chi connectivity index (χ2n) is 12.7. The molecule has 0 aliphatic carbocycles. The summed E-state index contributed by atoms with van der Waals surface area (Å²) in [4.78, 5) is 34.5. The largest absolute Gasteiger partial charge is 0.354 e. The van der Waals surface area contributed by atoms with Gasteiger partial charge in [0.05, 0.1) is 0 Å². The van der Waals surface area contributed by atoms with Gasteiger partial charge < -0.3 is 40.9 Å². The average Bonchev–Trinajstić information content (AvgIpc) is 3.03. The molecule has 0 spiro atoms. The molecular formula is C32H65ClN14. The van der Waals surface area contributed by atoms with Crippen molar-refractivity contribution in [3.05, 3.63) is 0 Å². The van der Waals surface area contributed by atoms with E-state index in [-0.39, 0.29) is 12.4 Å². The Hall–Kier alpha value is -2.97. The predicted molar refractivity (Wildman–Crippen MR) is 202 cm³/mol. The molecule has 15 heteroatoms. The highest BCUT2D eigenvalue weighted by molar-refractivity contribution is 5.85. The number of hydrogen-bond acceptors (Lipinski definition) is 14. The second kappa shape index (κ2) is 25.1. The molecule has 2 aromatic rings. The molecule has 270 valence electrons. The Morgan fingerprint density at radius 2 is 0.596 bits per heavy atom. The van der Waals surface area contributed by atoms with Gasteiger partial charge in [0.1, 0.15) is 0 Å². The quantitative estimate of drug-likeness (QED) is 0.101. The first-order valence-corrected chi connectivity index (χ1v) is 17.3. The second-order valence-corrected chi connectivity index (χ2v) is 12.7. The number of nitrogens with one attached hydrogen (secondary N) is 4. The van der Waals surface area contributed by atoms with Crippen molar-refractivity contribution >= 4 is 48.1 Å². The van der Waals surface area contributed by atoms with Gasteiger partial charge in [0.15, 0.2) is 0 Å². The topological polar surface area (TPSA) is 138 Å². The van der Waals surface area contributed by atoms with Crippen molar-refractivity contribution in [1.82, 2.24) is 40.5 Å². The molecule has 14 nitrogen and oxygen atoms in total. The van der Waals surface area contributed by atoms with Gasteiger partial charge in [0.25, 0.3) is 0 Å². The summed E-state index contributed by atoms with van der Waals surface area (Å²) >= 11 is 0. The van der Waals surface area contributed by atoms with Crippen LogP contribution in [0.3, 0.4) is 0 Å². The minimum absolute atomic E-state index is 0. The Kier molecular flexibility index (Phi) is 22.5. The molecular weight excluding hydrogens is 616 g/mol. The number of aromatic nitrogens is 6. The highest BCUT2D eigenvalue weighted by atomic mass is 35.5. The Morgan fingerprint density at radius 1 is 0.340 bits per heavy atom. The molecule has 0 aliphatic heterocycles. The third-order valence-electron chi connectivity index (χ3n) is 7.41. The normalized spacial score (nSPS) is 10.8. The van der Waals surface area contributed by atoms with Crippen LogP contribution in [0.5, 0.6) is 0 Å². The van der Waals surface area contributed by atoms with E-state index >= 15 is 0 Å². The summed E-state index contributed by atoms with van der Waals surface area (Å²) in [5, 5.41) is 13.8. The summed E-state index contributed by atoms with van der Waals surface area (Å²) in [6, 6.07) is 0. The van der Waals surface area contributed by atoms with Crippen molar-refractivity contribution in [2.45, 2.75) is 77.0 Å². The van der Waals surface area contributed by atoms with Crippen LogP contribution in [0.1, 0.15) is 77.0 Å². The van der Waals surface area contributed by atoms with Crippen molar-refractivity contribution in [2.75, 3.05) is 126 Å². The van der Waals surface area contributed by atoms with Crippen LogP contribution in [0.4, 0.5) is 35.7 Å². The van der Waals surface area contributed by atoms with Crippen molar-refractivity contribution in [1.29, 1.82) is 0 Å². The van der Waals surface area contributed by atoms with Gasteiger partial charge >= 0.3 is 0 Å². The smallest absolute Gasteiger partial charge is 0.231 e. The fourth-order valence-electron chi connectivity index (χ4n) is 4.66. The fourth-order valence-corrected chi connectivity index (χ4v) is 4.66. The summed E-state index contributed by atoms with van der Waals surface area (Å²) in [5.41, 5.74) is 0. The summed E-state index contributed by atoms with van der Waals surface area (Å²) in [6.45, 7) is 5.88. The number of hydrogen-bond donors (Lipinski definition) is 4. The van der Waals surface area contributed by atoms with E-state index in [1.54, 1.807) is 0 Å². The Labute approximate surface area is 291 Å². The SMILES string of the molecule is CN(C)c1nc(NCCCNCCCCCCCCCCCCNCCCNc2nc(N(C)C)nc(N(C)C)n2)nc(N(C)C)n1.Cl. The lowest BCUT2D eigenvalue weighted by Crippen LogP contribution is -2.22. The van der Waals surface area contributed by atoms with Gasteiger partial charge in [-0.2, -0.15) is 29.9 Å². The van der Waals surface area contributed by atoms with Crippen LogP contribution in [0.25, 0.3) is 0 Å². The van der Waals surface area contributed by atoms with Crippen molar-refractivity contribution in [3.63, 3.8) is 0 Å². The summed E-state index contributed by atoms with van der Waals surface area (Å²) in [6.07, 6.45) is 15.4. The molecule has 47 heavy (non-hydrogen) atoms. The standard InChI is InChI=1S/C32H64N14.ClH/c1-43(2)29-37-27(38-30(41-29)44(3)4)35-25-19-23-33-21-17-15-13-11-9-10-12-14-16-18-22-34-24-20-26-36-28-39-31(45(5)6)42-32(40-28)46(7)8;/h33-34H,9-26H2,1-8H3,(H,35,37,38,41)(H,36,39,40,42);1H. The number of halogens is 1. The Morgan fingerprint density at radius 3 is 0.872 bits per heavy atom. The van der Waals surface area contributed by atoms with E-state index < -0.39 is 0 Å². The van der Waals surface area contributed by atoms with E-state index in [2.05, 4.69) is 51.2 Å². The van der Waals surface area contributed by atoms with Gasteiger partial charge in [-0.25, -0.2) is 0 Å². The van der Waals surface area contributed by atoms with E-state index in [0.717, 1.165) is 52.1 Å². The number of rotatable bonds is 27. The van der Waals surface area contributed by atoms with Gasteiger partial charge in [0, 0.05) is 69.5 Å². The van der Waals surface area contributed by atoms with Gasteiger partial charge in [-0.05, 0) is 51.9 Å². The molecule has 0 aromatic carbocycles. The van der Waals surface area contributed by atoms with Crippen LogP contribution in [-0.4, -0.2) is 126 Å². The minimum atomic E-state index is 0. The van der Waals surface area contributed by atoms with Gasteiger partial charge in [-0.1, -0.05) is 51.4 Å². The van der Waals surface area contributed by atoms with E-state index in [1.807, 2.05) is 76.0 Å². The van der Waals surface area contributed by atoms with E-state index in [1.165, 1.54) is 64.2 Å². The third-order valence-corrected chi connectivity index (χ3v) is 7.41. The molecule has 0 radical (unpaired) electrons. The monoisotopic (exact) mass is 681 g/mol. The molecule has 0 atom stereocenters. The van der Waals surface area contributed by atoms with Crippen LogP contribution in [0.2, 0.25) is 0 Å². The number of anilines is 6. The first-order chi connectivity index (χ1) is 22.2.